The number of nitrogens with one attached hydrogen (secondary N) is 5. The number of nitrogens with zero attached hydrogens (tertiary/aromatic N) is 20. The number of carbonyl (C=O) groups is 5. The van der Waals surface area contributed by atoms with Crippen molar-refractivity contribution in [3.05, 3.63) is 261 Å². The minimum atomic E-state index is -4.44. The fourth-order valence-corrected chi connectivity index (χ4v) is 21.2. The Morgan fingerprint density at radius 1 is 0.338 bits per heavy atom. The van der Waals surface area contributed by atoms with E-state index in [0.29, 0.717) is 112 Å². The van der Waals surface area contributed by atoms with Crippen LogP contribution in [0.15, 0.2) is 152 Å². The molecule has 774 valence electrons. The molecule has 5 aromatic carbocycles. The molecule has 0 aliphatic carbocycles. The molecule has 5 aliphatic rings. The third-order valence-corrected chi connectivity index (χ3v) is 30.3. The van der Waals surface area contributed by atoms with Gasteiger partial charge in [0, 0.05) is 89.1 Å². The standard InChI is InChI=1S/2C23H28ClN5O.C22H22ClN5O.C21H21ClF3N5O.C20H21Cl2N5O/c1-14(2)16-5-7-17(8-6-16)26-23(30)19-13-25-22-20(21(19)24)15(3)27-29(22)18-9-11-28(4)12-10-18;1-14(2)28-11-9-18(10-12-28)29-22-20(16(4)27-29)21(24)19(13-25-22)23(30)26-17-7-5-15(3)6-8-17;1-4-15-5-7-16(8-6-15)25-22(29)18-13-24-21-19(20(18)23)14(2)26-28(21)17-9-11-27(3)12-10-17;1-12-17-18(22)16(20(31)27-14-5-3-13(4-6-14)21(23,24)25)11-26-19(17)30(28-12)15-7-9-29(2)10-8-15;1-12-17-18(22)16(20(28)24-14-5-3-13(21)4-6-14)11-23-19(17)27(25-12)15-7-9-26(2)10-8-15/h2*5-8,13-14,18H,9-12H2,1-4H3,(H,26,30);1,5-8,13,17H,9-12H2,2-3H3,(H,25,29);3-6,11,15H,7-10H2,1-2H3,(H,27,31);3-6,11,15H,7-10H2,1-2H3,(H,24,28). The summed E-state index contributed by atoms with van der Waals surface area (Å²) in [5.74, 6) is 1.28. The number of amides is 5. The van der Waals surface area contributed by atoms with Crippen molar-refractivity contribution in [1.29, 1.82) is 0 Å². The summed E-state index contributed by atoms with van der Waals surface area (Å²) in [4.78, 5) is 98.4. The summed E-state index contributed by atoms with van der Waals surface area (Å²) in [7, 11) is 8.48. The summed E-state index contributed by atoms with van der Waals surface area (Å²) in [5.41, 5.74) is 14.3. The number of terminal acetylenes is 1. The lowest BCUT2D eigenvalue weighted by Crippen LogP contribution is -2.39. The molecule has 15 heterocycles. The van der Waals surface area contributed by atoms with Crippen LogP contribution in [-0.4, -0.2) is 228 Å². The quantitative estimate of drug-likeness (QED) is 0.0529. The first-order chi connectivity index (χ1) is 70.7. The average molecular weight is 2130 g/mol. The van der Waals surface area contributed by atoms with E-state index in [1.807, 2.05) is 113 Å². The van der Waals surface area contributed by atoms with Gasteiger partial charge in [0.25, 0.3) is 29.5 Å². The van der Waals surface area contributed by atoms with Gasteiger partial charge in [-0.25, -0.2) is 48.3 Å². The Hall–Kier alpha value is -12.6. The van der Waals surface area contributed by atoms with E-state index in [0.717, 1.165) is 231 Å². The number of anilines is 5. The third kappa shape index (κ3) is 24.6. The highest BCUT2D eigenvalue weighted by Gasteiger charge is 2.35. The molecule has 5 N–H and O–H groups in total. The maximum atomic E-state index is 12.9. The Balaban J connectivity index is 0.000000132. The fourth-order valence-electron chi connectivity index (χ4n) is 19.3. The highest BCUT2D eigenvalue weighted by atomic mass is 35.5. The summed E-state index contributed by atoms with van der Waals surface area (Å²) in [6.07, 6.45) is 18.6. The van der Waals surface area contributed by atoms with Crippen molar-refractivity contribution in [2.24, 2.45) is 0 Å². The third-order valence-electron chi connectivity index (χ3n) is 28.1. The number of piperidine rings is 5. The molecule has 15 aromatic rings. The Bertz CT molecular complexity index is 7410. The normalized spacial score (nSPS) is 15.8. The van der Waals surface area contributed by atoms with Gasteiger partial charge in [0.15, 0.2) is 28.2 Å². The van der Waals surface area contributed by atoms with Crippen LogP contribution in [0, 0.1) is 53.9 Å². The maximum absolute atomic E-state index is 12.9. The van der Waals surface area contributed by atoms with Gasteiger partial charge in [-0.3, -0.25) is 24.0 Å². The number of aryl methyl sites for hydroxylation is 6. The molecule has 20 rings (SSSR count). The maximum Gasteiger partial charge on any atom is 0.416 e. The van der Waals surface area contributed by atoms with Gasteiger partial charge < -0.3 is 51.1 Å². The molecule has 5 saturated heterocycles. The first-order valence-electron chi connectivity index (χ1n) is 49.6. The average Bonchev–Trinajstić information content (AvgIpc) is 1.63. The molecule has 0 atom stereocenters. The SMILES string of the molecule is C#Cc1ccc(NC(=O)c2cnc3c(c(C)nn3C3CCN(C)CC3)c2Cl)cc1.Cc1ccc(NC(=O)c2cnc3c(c(C)nn3C3CCN(C(C)C)CC3)c2Cl)cc1.Cc1nn(C2CCN(C)CC2)c2ncc(C(=O)Nc3ccc(C(C)C)cc3)c(Cl)c12.Cc1nn(C2CCN(C)CC2)c2ncc(C(=O)Nc3ccc(C(F)(F)F)cc3)c(Cl)c12.Cc1nn(C2CCN(C)CC2)c2ncc(C(=O)Nc3ccc(Cl)cc3)c(Cl)c12. The zero-order valence-corrected chi connectivity index (χ0v) is 89.6. The van der Waals surface area contributed by atoms with Crippen LogP contribution < -0.4 is 26.6 Å². The number of pyridine rings is 5. The predicted molar refractivity (Wildman–Crippen MR) is 583 cm³/mol. The van der Waals surface area contributed by atoms with Crippen molar-refractivity contribution in [2.75, 3.05) is 120 Å². The van der Waals surface area contributed by atoms with Crippen molar-refractivity contribution in [3.63, 3.8) is 0 Å². The number of alkyl halides is 3. The van der Waals surface area contributed by atoms with E-state index in [9.17, 15) is 37.1 Å². The van der Waals surface area contributed by atoms with Crippen LogP contribution in [0.3, 0.4) is 0 Å². The van der Waals surface area contributed by atoms with E-state index in [4.69, 9.17) is 96.4 Å². The fraction of sp³-hybridized carbons (Fsp3) is 0.385. The van der Waals surface area contributed by atoms with Gasteiger partial charge in [-0.05, 0) is 309 Å². The van der Waals surface area contributed by atoms with E-state index in [2.05, 4.69) is 143 Å². The lowest BCUT2D eigenvalue weighted by Gasteiger charge is -2.34. The van der Waals surface area contributed by atoms with Crippen LogP contribution in [0.5, 0.6) is 0 Å². The van der Waals surface area contributed by atoms with Gasteiger partial charge in [0.05, 0.1) is 144 Å². The number of carbonyl (C=O) groups excluding carboxylic acids is 5. The first-order valence-corrected chi connectivity index (χ1v) is 51.9. The van der Waals surface area contributed by atoms with Gasteiger partial charge in [0.1, 0.15) is 0 Å². The summed E-state index contributed by atoms with van der Waals surface area (Å²) >= 11 is 39.1. The minimum Gasteiger partial charge on any atom is -0.322 e. The van der Waals surface area contributed by atoms with E-state index < -0.39 is 17.6 Å². The molecule has 30 nitrogen and oxygen atoms in total. The van der Waals surface area contributed by atoms with Crippen molar-refractivity contribution >= 4 is 183 Å². The summed E-state index contributed by atoms with van der Waals surface area (Å²) in [5, 5.41) is 43.6. The summed E-state index contributed by atoms with van der Waals surface area (Å²) in [6.45, 7) is 30.4. The number of hydrogen-bond donors (Lipinski definition) is 5. The van der Waals surface area contributed by atoms with Crippen LogP contribution in [-0.2, 0) is 6.18 Å². The van der Waals surface area contributed by atoms with Crippen LogP contribution >= 0.6 is 69.6 Å². The topological polar surface area (TPSA) is 315 Å². The van der Waals surface area contributed by atoms with Crippen molar-refractivity contribution in [2.45, 2.75) is 182 Å². The van der Waals surface area contributed by atoms with E-state index in [1.54, 1.807) is 60.9 Å². The summed E-state index contributed by atoms with van der Waals surface area (Å²) < 4.78 is 48.0. The molecule has 148 heavy (non-hydrogen) atoms. The Morgan fingerprint density at radius 3 is 0.791 bits per heavy atom. The molecule has 5 aliphatic heterocycles. The zero-order chi connectivity index (χ0) is 106. The van der Waals surface area contributed by atoms with E-state index in [1.165, 1.54) is 36.3 Å². The zero-order valence-electron chi connectivity index (χ0n) is 85.1. The van der Waals surface area contributed by atoms with Gasteiger partial charge in [-0.2, -0.15) is 38.7 Å². The van der Waals surface area contributed by atoms with Crippen LogP contribution in [0.1, 0.15) is 231 Å². The second-order valence-electron chi connectivity index (χ2n) is 39.3. The van der Waals surface area contributed by atoms with Crippen LogP contribution in [0.2, 0.25) is 30.1 Å². The number of halogens is 9. The molecule has 0 unspecified atom stereocenters. The molecular formula is C109H120Cl6F3N25O5. The number of benzene rings is 5. The number of likely N-dealkylation sites (tertiary alicyclic amines) is 5. The Kier molecular flexibility index (Phi) is 34.4. The van der Waals surface area contributed by atoms with Crippen LogP contribution in [0.25, 0.3) is 55.2 Å². The first kappa shape index (κ1) is 108. The highest BCUT2D eigenvalue weighted by molar-refractivity contribution is 6.42. The smallest absolute Gasteiger partial charge is 0.322 e. The second-order valence-corrected chi connectivity index (χ2v) is 41.6. The highest BCUT2D eigenvalue weighted by Crippen LogP contribution is 2.42. The number of rotatable bonds is 17. The second kappa shape index (κ2) is 47.1. The number of hydrogen-bond acceptors (Lipinski definition) is 20. The number of aromatic nitrogens is 15. The minimum absolute atomic E-state index is 0.139. The van der Waals surface area contributed by atoms with Gasteiger partial charge in [-0.15, -0.1) is 6.42 Å². The van der Waals surface area contributed by atoms with Crippen LogP contribution in [0.4, 0.5) is 41.6 Å². The molecular weight excluding hydrogens is 2010 g/mol. The predicted octanol–water partition coefficient (Wildman–Crippen LogP) is 23.4. The molecule has 0 spiro atoms. The van der Waals surface area contributed by atoms with E-state index >= 15 is 0 Å². The Labute approximate surface area is 887 Å². The molecule has 0 radical (unpaired) electrons. The molecule has 5 amide bonds. The van der Waals surface area contributed by atoms with Crippen molar-refractivity contribution < 1.29 is 37.1 Å². The van der Waals surface area contributed by atoms with Crippen molar-refractivity contribution in [1.82, 2.24) is 98.3 Å². The lowest BCUT2D eigenvalue weighted by molar-refractivity contribution is -0.137. The molecule has 10 aromatic heterocycles. The lowest BCUT2D eigenvalue weighted by atomic mass is 10.0. The van der Waals surface area contributed by atoms with Gasteiger partial charge >= 0.3 is 6.18 Å². The summed E-state index contributed by atoms with van der Waals surface area (Å²) in [6, 6.07) is 35.7. The Morgan fingerprint density at radius 2 is 0.561 bits per heavy atom. The van der Waals surface area contributed by atoms with Gasteiger partial charge in [-0.1, -0.05) is 119 Å². The van der Waals surface area contributed by atoms with Gasteiger partial charge in [0.2, 0.25) is 0 Å². The molecule has 5 fully saturated rings. The molecule has 39 heteroatoms. The number of fused-ring (bicyclic) bond motifs is 5. The molecule has 0 saturated carbocycles. The van der Waals surface area contributed by atoms with Crippen molar-refractivity contribution in [3.8, 4) is 12.3 Å². The molecule has 0 bridgehead atoms. The largest absolute Gasteiger partial charge is 0.416 e. The monoisotopic (exact) mass is 2130 g/mol. The van der Waals surface area contributed by atoms with E-state index in [-0.39, 0.29) is 45.9 Å².